The van der Waals surface area contributed by atoms with Crippen molar-refractivity contribution in [3.63, 3.8) is 0 Å². The molecule has 4 nitrogen and oxygen atoms in total. The number of hydrogen-bond donors (Lipinski definition) is 0. The van der Waals surface area contributed by atoms with Gasteiger partial charge in [-0.3, -0.25) is 0 Å². The molecular weight excluding hydrogens is 567 g/mol. The molecule has 222 valence electrons. The van der Waals surface area contributed by atoms with Crippen LogP contribution in [0.5, 0.6) is 0 Å². The summed E-state index contributed by atoms with van der Waals surface area (Å²) in [4.78, 5) is 19.8. The zero-order valence-corrected chi connectivity index (χ0v) is 29.0. The van der Waals surface area contributed by atoms with E-state index in [0.717, 1.165) is 38.5 Å². The van der Waals surface area contributed by atoms with Crippen LogP contribution in [0.1, 0.15) is 196 Å². The van der Waals surface area contributed by atoms with Crippen LogP contribution in [0.3, 0.4) is 0 Å². The average Bonchev–Trinajstić information content (AvgIpc) is 2.85. The topological polar surface area (TPSA) is 80.3 Å². The van der Waals surface area contributed by atoms with Crippen LogP contribution >= 0.6 is 0 Å². The van der Waals surface area contributed by atoms with E-state index in [-0.39, 0.29) is 36.7 Å². The van der Waals surface area contributed by atoms with Gasteiger partial charge >= 0.3 is 23.9 Å². The van der Waals surface area contributed by atoms with E-state index in [1.165, 1.54) is 103 Å². The second-order valence-corrected chi connectivity index (χ2v) is 9.90. The van der Waals surface area contributed by atoms with Crippen LogP contribution in [-0.4, -0.2) is 35.8 Å². The molecule has 37 heavy (non-hydrogen) atoms. The van der Waals surface area contributed by atoms with Gasteiger partial charge in [0.05, 0.1) is 0 Å². The number of carbonyl (C=O) groups excluding carboxylic acids is 2. The number of aliphatic carboxylic acids is 2. The maximum atomic E-state index is 9.92. The van der Waals surface area contributed by atoms with Crippen molar-refractivity contribution in [2.24, 2.45) is 0 Å². The summed E-state index contributed by atoms with van der Waals surface area (Å²) in [6, 6.07) is 0. The van der Waals surface area contributed by atoms with Gasteiger partial charge < -0.3 is 19.8 Å². The molecule has 5 heteroatoms. The summed E-state index contributed by atoms with van der Waals surface area (Å²) in [5.41, 5.74) is 0. The van der Waals surface area contributed by atoms with Gasteiger partial charge in [0.1, 0.15) is 0 Å². The summed E-state index contributed by atoms with van der Waals surface area (Å²) < 4.78 is 0. The number of hydrogen-bond acceptors (Lipinski definition) is 4. The van der Waals surface area contributed by atoms with Crippen LogP contribution < -0.4 is 10.2 Å². The van der Waals surface area contributed by atoms with Gasteiger partial charge in [-0.05, 0) is 25.7 Å². The van der Waals surface area contributed by atoms with E-state index in [1.807, 2.05) is 0 Å². The molecule has 0 aliphatic carbocycles. The van der Waals surface area contributed by atoms with E-state index in [0.29, 0.717) is 0 Å². The molecule has 0 N–H and O–H groups in total. The Morgan fingerprint density at radius 1 is 0.351 bits per heavy atom. The third kappa shape index (κ3) is 72.2. The third-order valence-corrected chi connectivity index (χ3v) is 5.88. The molecule has 0 aromatic carbocycles. The van der Waals surface area contributed by atoms with E-state index in [4.69, 9.17) is 0 Å². The summed E-state index contributed by atoms with van der Waals surface area (Å²) in [6.07, 6.45) is 28.2. The molecule has 0 saturated heterocycles. The molecule has 0 amide bonds. The van der Waals surface area contributed by atoms with Crippen molar-refractivity contribution >= 4 is 35.8 Å². The maximum absolute atomic E-state index is 9.92. The normalized spacial score (nSPS) is 9.46. The standard InChI is InChI=1S/2C8H16O2.2C8H18.Sn/c2*1-2-3-4-5-6-7-8(9)10;2*1-3-5-7-8-6-4-2;/h2*2-7H2,1H3,(H,9,10);2*3-8H2,1-2H3;/q;;;;+2/p-2. The predicted octanol–water partition coefficient (Wildman–Crippen LogP) is 8.55. The minimum atomic E-state index is -0.920. The zero-order valence-electron chi connectivity index (χ0n) is 26.1. The van der Waals surface area contributed by atoms with Gasteiger partial charge in [0, 0.05) is 11.9 Å². The maximum Gasteiger partial charge on any atom is 2.00 e. The Hall–Kier alpha value is -0.261. The summed E-state index contributed by atoms with van der Waals surface area (Å²) in [7, 11) is 0. The summed E-state index contributed by atoms with van der Waals surface area (Å²) >= 11 is 0. The van der Waals surface area contributed by atoms with Gasteiger partial charge in [-0.1, -0.05) is 170 Å². The Kier molecular flexibility index (Phi) is 61.4. The van der Waals surface area contributed by atoms with Crippen LogP contribution in [-0.2, 0) is 9.59 Å². The van der Waals surface area contributed by atoms with E-state index in [9.17, 15) is 19.8 Å². The molecule has 0 rings (SSSR count). The number of carboxylic acids is 2. The van der Waals surface area contributed by atoms with E-state index < -0.39 is 11.9 Å². The Balaban J connectivity index is -0.000000123. The first-order valence-corrected chi connectivity index (χ1v) is 15.8. The van der Waals surface area contributed by atoms with Crippen molar-refractivity contribution < 1.29 is 19.8 Å². The zero-order chi connectivity index (χ0) is 28.1. The molecule has 0 bridgehead atoms. The Morgan fingerprint density at radius 2 is 0.514 bits per heavy atom. The molecular formula is C32H66O4Sn. The molecule has 0 aliphatic heterocycles. The van der Waals surface area contributed by atoms with Crippen molar-refractivity contribution in [2.45, 2.75) is 196 Å². The Bertz CT molecular complexity index is 341. The molecule has 0 fully saturated rings. The first kappa shape index (κ1) is 46.6. The van der Waals surface area contributed by atoms with Crippen molar-refractivity contribution in [1.82, 2.24) is 0 Å². The largest absolute Gasteiger partial charge is 2.00 e. The molecule has 0 unspecified atom stereocenters. The fourth-order valence-corrected chi connectivity index (χ4v) is 3.45. The van der Waals surface area contributed by atoms with Crippen molar-refractivity contribution in [3.8, 4) is 0 Å². The summed E-state index contributed by atoms with van der Waals surface area (Å²) in [6.45, 7) is 13.3. The van der Waals surface area contributed by atoms with Crippen molar-refractivity contribution in [3.05, 3.63) is 0 Å². The van der Waals surface area contributed by atoms with Crippen LogP contribution in [0.4, 0.5) is 0 Å². The van der Waals surface area contributed by atoms with Crippen molar-refractivity contribution in [2.75, 3.05) is 0 Å². The summed E-state index contributed by atoms with van der Waals surface area (Å²) in [5, 5.41) is 19.8. The van der Waals surface area contributed by atoms with E-state index in [1.54, 1.807) is 0 Å². The van der Waals surface area contributed by atoms with Crippen LogP contribution in [0.25, 0.3) is 0 Å². The molecule has 0 atom stereocenters. The average molecular weight is 634 g/mol. The second kappa shape index (κ2) is 48.8. The first-order chi connectivity index (χ1) is 17.4. The third-order valence-electron chi connectivity index (χ3n) is 5.88. The molecule has 0 heterocycles. The smallest absolute Gasteiger partial charge is 0.550 e. The van der Waals surface area contributed by atoms with Crippen LogP contribution in [0, 0.1) is 0 Å². The molecule has 0 aliphatic rings. The van der Waals surface area contributed by atoms with Crippen LogP contribution in [0.15, 0.2) is 0 Å². The molecule has 0 aromatic rings. The quantitative estimate of drug-likeness (QED) is 0.0884. The minimum absolute atomic E-state index is 0. The second-order valence-electron chi connectivity index (χ2n) is 9.90. The monoisotopic (exact) mass is 634 g/mol. The molecule has 0 aromatic heterocycles. The van der Waals surface area contributed by atoms with Gasteiger partial charge in [0.2, 0.25) is 0 Å². The number of carboxylic acid groups (broad SMARTS) is 2. The molecule has 2 radical (unpaired) electrons. The number of rotatable bonds is 22. The molecule has 0 saturated carbocycles. The minimum Gasteiger partial charge on any atom is -0.550 e. The van der Waals surface area contributed by atoms with Gasteiger partial charge in [-0.2, -0.15) is 0 Å². The van der Waals surface area contributed by atoms with Crippen LogP contribution in [0.2, 0.25) is 0 Å². The van der Waals surface area contributed by atoms with E-state index >= 15 is 0 Å². The number of carbonyl (C=O) groups is 2. The first-order valence-electron chi connectivity index (χ1n) is 15.8. The Labute approximate surface area is 250 Å². The van der Waals surface area contributed by atoms with Gasteiger partial charge in [-0.15, -0.1) is 0 Å². The van der Waals surface area contributed by atoms with Gasteiger partial charge in [0.25, 0.3) is 0 Å². The molecule has 0 spiro atoms. The summed E-state index contributed by atoms with van der Waals surface area (Å²) in [5.74, 6) is -1.84. The van der Waals surface area contributed by atoms with E-state index in [2.05, 4.69) is 41.5 Å². The van der Waals surface area contributed by atoms with Gasteiger partial charge in [-0.25, -0.2) is 0 Å². The van der Waals surface area contributed by atoms with Crippen molar-refractivity contribution in [1.29, 1.82) is 0 Å². The van der Waals surface area contributed by atoms with Gasteiger partial charge in [0.15, 0.2) is 0 Å². The fraction of sp³-hybridized carbons (Fsp3) is 0.938. The Morgan fingerprint density at radius 3 is 0.649 bits per heavy atom. The fourth-order valence-electron chi connectivity index (χ4n) is 3.45. The number of unbranched alkanes of at least 4 members (excludes halogenated alkanes) is 18. The predicted molar refractivity (Wildman–Crippen MR) is 161 cm³/mol. The SMILES string of the molecule is CCCCCCCC.CCCCCCCC.CCCCCCCC(=O)[O-].CCCCCCCC(=O)[O-].[Sn+2].